The smallest absolute Gasteiger partial charge is 0.459 e. The summed E-state index contributed by atoms with van der Waals surface area (Å²) in [5, 5.41) is 14.0. The van der Waals surface area contributed by atoms with Gasteiger partial charge in [-0.15, -0.1) is 6.42 Å². The number of unbranched alkanes of at least 4 members (excludes halogenated alkanes) is 16. The standard InChI is InChI=1S/C44H68FN6O7P/c1-5-8-10-12-14-16-18-20-23-27-35(28-24-21-19-17-15-13-11-9-6-2)56-42(53)34(4)50-59(54,58-36-29-25-22-26-30-36)55-32-44(7-3)37(52)31-38(57-44)51-33-47-39-40(46)48-43(45)49-41(39)51/h3,22,25-26,29-30,33-35,37-38,52H,5-6,8-21,23-24,27-28,31-32H2,1-2,4H3,(H,50,54)(H2,46,48,49)/t34-,37-,38+,44+,59+/m0/s1. The maximum absolute atomic E-state index is 14.5. The Balaban J connectivity index is 1.39. The summed E-state index contributed by atoms with van der Waals surface area (Å²) in [6, 6.07) is 7.27. The van der Waals surface area contributed by atoms with Crippen LogP contribution in [0.4, 0.5) is 10.2 Å². The highest BCUT2D eigenvalue weighted by Crippen LogP contribution is 2.48. The Labute approximate surface area is 350 Å². The molecule has 15 heteroatoms. The number of hydrogen-bond donors (Lipinski definition) is 3. The quantitative estimate of drug-likeness (QED) is 0.0191. The first-order valence-corrected chi connectivity index (χ1v) is 23.5. The van der Waals surface area contributed by atoms with Crippen LogP contribution >= 0.6 is 7.75 Å². The van der Waals surface area contributed by atoms with Gasteiger partial charge in [-0.05, 0) is 44.7 Å². The Bertz CT molecular complexity index is 1760. The minimum atomic E-state index is -4.39. The predicted octanol–water partition coefficient (Wildman–Crippen LogP) is 10.1. The summed E-state index contributed by atoms with van der Waals surface area (Å²) in [6.07, 6.45) is 26.8. The van der Waals surface area contributed by atoms with Crippen LogP contribution in [0, 0.1) is 18.4 Å². The van der Waals surface area contributed by atoms with Crippen molar-refractivity contribution in [1.82, 2.24) is 24.6 Å². The second-order valence-corrected chi connectivity index (χ2v) is 17.6. The number of aliphatic hydroxyl groups excluding tert-OH is 1. The van der Waals surface area contributed by atoms with Gasteiger partial charge in [0, 0.05) is 6.42 Å². The van der Waals surface area contributed by atoms with Crippen molar-refractivity contribution in [2.75, 3.05) is 12.3 Å². The predicted molar refractivity (Wildman–Crippen MR) is 229 cm³/mol. The number of aromatic nitrogens is 4. The van der Waals surface area contributed by atoms with Gasteiger partial charge in [-0.2, -0.15) is 19.4 Å². The van der Waals surface area contributed by atoms with Crippen LogP contribution in [0.2, 0.25) is 0 Å². The van der Waals surface area contributed by atoms with Crippen LogP contribution in [0.25, 0.3) is 11.2 Å². The maximum Gasteiger partial charge on any atom is 0.459 e. The molecule has 3 heterocycles. The minimum absolute atomic E-state index is 0.0435. The van der Waals surface area contributed by atoms with Crippen molar-refractivity contribution < 1.29 is 37.4 Å². The van der Waals surface area contributed by atoms with Crippen LogP contribution in [0.3, 0.4) is 0 Å². The highest BCUT2D eigenvalue weighted by Gasteiger charge is 2.50. The number of fused-ring (bicyclic) bond motifs is 1. The van der Waals surface area contributed by atoms with E-state index in [9.17, 15) is 18.9 Å². The molecule has 0 saturated carbocycles. The molecule has 0 spiro atoms. The summed E-state index contributed by atoms with van der Waals surface area (Å²) < 4.78 is 54.1. The fourth-order valence-corrected chi connectivity index (χ4v) is 8.94. The van der Waals surface area contributed by atoms with E-state index < -0.39 is 50.4 Å². The van der Waals surface area contributed by atoms with Crippen molar-refractivity contribution in [3.63, 3.8) is 0 Å². The lowest BCUT2D eigenvalue weighted by molar-refractivity contribution is -0.151. The third-order valence-electron chi connectivity index (χ3n) is 11.0. The molecule has 59 heavy (non-hydrogen) atoms. The zero-order valence-electron chi connectivity index (χ0n) is 35.5. The van der Waals surface area contributed by atoms with Gasteiger partial charge in [0.25, 0.3) is 0 Å². The molecule has 0 aliphatic carbocycles. The van der Waals surface area contributed by atoms with Crippen molar-refractivity contribution in [1.29, 1.82) is 0 Å². The average Bonchev–Trinajstić information content (AvgIpc) is 3.79. The molecule has 13 nitrogen and oxygen atoms in total. The third kappa shape index (κ3) is 15.4. The molecule has 328 valence electrons. The highest BCUT2D eigenvalue weighted by atomic mass is 31.2. The number of imidazole rings is 1. The van der Waals surface area contributed by atoms with Gasteiger partial charge in [0.05, 0.1) is 6.33 Å². The Morgan fingerprint density at radius 1 is 0.983 bits per heavy atom. The van der Waals surface area contributed by atoms with Gasteiger partial charge in [-0.3, -0.25) is 13.9 Å². The lowest BCUT2D eigenvalue weighted by Gasteiger charge is -2.30. The number of para-hydroxylation sites is 1. The van der Waals surface area contributed by atoms with Crippen molar-refractivity contribution in [3.8, 4) is 18.1 Å². The van der Waals surface area contributed by atoms with Crippen molar-refractivity contribution in [2.24, 2.45) is 0 Å². The molecule has 1 aliphatic rings. The summed E-state index contributed by atoms with van der Waals surface area (Å²) in [5.41, 5.74) is 4.20. The van der Waals surface area contributed by atoms with Gasteiger partial charge < -0.3 is 24.8 Å². The monoisotopic (exact) mass is 842 g/mol. The fourth-order valence-electron chi connectivity index (χ4n) is 7.42. The number of anilines is 1. The lowest BCUT2D eigenvalue weighted by Crippen LogP contribution is -2.44. The number of rotatable bonds is 30. The molecule has 2 aromatic heterocycles. The number of nitrogen functional groups attached to an aromatic ring is 1. The zero-order chi connectivity index (χ0) is 42.5. The van der Waals surface area contributed by atoms with Crippen LogP contribution in [0.1, 0.15) is 162 Å². The van der Waals surface area contributed by atoms with E-state index in [4.69, 9.17) is 30.7 Å². The second-order valence-electron chi connectivity index (χ2n) is 15.9. The van der Waals surface area contributed by atoms with E-state index in [1.165, 1.54) is 101 Å². The number of halogens is 1. The first-order valence-electron chi connectivity index (χ1n) is 22.0. The largest absolute Gasteiger partial charge is 0.461 e. The molecule has 5 atom stereocenters. The van der Waals surface area contributed by atoms with E-state index in [2.05, 4.69) is 39.8 Å². The number of aliphatic hydroxyl groups is 1. The molecular weight excluding hydrogens is 774 g/mol. The molecule has 1 saturated heterocycles. The molecular formula is C44H68FN6O7P. The zero-order valence-corrected chi connectivity index (χ0v) is 36.4. The van der Waals surface area contributed by atoms with E-state index in [1.807, 2.05) is 0 Å². The Kier molecular flexibility index (Phi) is 20.6. The van der Waals surface area contributed by atoms with Gasteiger partial charge in [-0.1, -0.05) is 141 Å². The molecule has 0 radical (unpaired) electrons. The van der Waals surface area contributed by atoms with Crippen LogP contribution in [0.15, 0.2) is 36.7 Å². The molecule has 4 N–H and O–H groups in total. The summed E-state index contributed by atoms with van der Waals surface area (Å²) >= 11 is 0. The first-order chi connectivity index (χ1) is 28.5. The molecule has 1 aromatic carbocycles. The fraction of sp³-hybridized carbons (Fsp3) is 0.682. The summed E-state index contributed by atoms with van der Waals surface area (Å²) in [5.74, 6) is 1.93. The second kappa shape index (κ2) is 25.2. The third-order valence-corrected chi connectivity index (χ3v) is 12.6. The molecule has 1 aliphatic heterocycles. The van der Waals surface area contributed by atoms with Crippen LogP contribution in [-0.4, -0.2) is 61.1 Å². The van der Waals surface area contributed by atoms with E-state index >= 15 is 0 Å². The van der Waals surface area contributed by atoms with E-state index in [-0.39, 0.29) is 35.3 Å². The number of esters is 1. The van der Waals surface area contributed by atoms with Crippen molar-refractivity contribution in [3.05, 3.63) is 42.7 Å². The van der Waals surface area contributed by atoms with E-state index in [1.54, 1.807) is 37.3 Å². The van der Waals surface area contributed by atoms with E-state index in [0.717, 1.165) is 38.5 Å². The van der Waals surface area contributed by atoms with Gasteiger partial charge in [-0.25, -0.2) is 9.55 Å². The Morgan fingerprint density at radius 3 is 2.10 bits per heavy atom. The molecule has 1 fully saturated rings. The number of carbonyl (C=O) groups excluding carboxylic acids is 1. The number of hydrogen-bond acceptors (Lipinski definition) is 11. The molecule has 3 aromatic rings. The number of nitrogens with two attached hydrogens (primary N) is 1. The van der Waals surface area contributed by atoms with Crippen LogP contribution < -0.4 is 15.3 Å². The average molecular weight is 843 g/mol. The minimum Gasteiger partial charge on any atom is -0.461 e. The van der Waals surface area contributed by atoms with Gasteiger partial charge in [0.15, 0.2) is 22.6 Å². The Morgan fingerprint density at radius 2 is 1.54 bits per heavy atom. The van der Waals surface area contributed by atoms with Gasteiger partial charge in [0.2, 0.25) is 0 Å². The van der Waals surface area contributed by atoms with Gasteiger partial charge in [0.1, 0.15) is 36.8 Å². The SMILES string of the molecule is C#C[C@]1(CO[P@](=O)(N[C@@H](C)C(=O)OC(CCCCCCCCCCC)CCCCCCCCCCC)Oc2ccccc2)O[C@@H](n2cnc3c(N)nc(F)nc32)C[C@@H]1O. The van der Waals surface area contributed by atoms with E-state index in [0.29, 0.717) is 0 Å². The van der Waals surface area contributed by atoms with Crippen molar-refractivity contribution >= 4 is 30.7 Å². The number of nitrogens with zero attached hydrogens (tertiary/aromatic N) is 4. The number of ether oxygens (including phenoxy) is 2. The van der Waals surface area contributed by atoms with Crippen LogP contribution in [0.5, 0.6) is 5.75 Å². The number of benzene rings is 1. The first kappa shape index (κ1) is 48.1. The van der Waals surface area contributed by atoms with Crippen molar-refractivity contribution in [2.45, 2.75) is 186 Å². The summed E-state index contributed by atoms with van der Waals surface area (Å²) in [7, 11) is -4.39. The summed E-state index contributed by atoms with van der Waals surface area (Å²) in [6.45, 7) is 5.41. The number of terminal acetylenes is 1. The lowest BCUT2D eigenvalue weighted by atomic mass is 9.99. The summed E-state index contributed by atoms with van der Waals surface area (Å²) in [4.78, 5) is 25.2. The van der Waals surface area contributed by atoms with Gasteiger partial charge >= 0.3 is 19.8 Å². The molecule has 4 rings (SSSR count). The normalized spacial score (nSPS) is 19.5. The molecule has 0 bridgehead atoms. The number of carbonyl (C=O) groups is 1. The topological polar surface area (TPSA) is 173 Å². The number of nitrogens with one attached hydrogen (secondary N) is 1. The van der Waals surface area contributed by atoms with Crippen LogP contribution in [-0.2, 0) is 23.4 Å². The Hall–Kier alpha value is -3.60. The molecule has 0 unspecified atom stereocenters. The highest BCUT2D eigenvalue weighted by molar-refractivity contribution is 7.52. The maximum atomic E-state index is 14.5. The molecule has 0 amide bonds.